The van der Waals surface area contributed by atoms with Gasteiger partial charge in [0, 0.05) is 30.4 Å². The lowest BCUT2D eigenvalue weighted by Gasteiger charge is -2.31. The van der Waals surface area contributed by atoms with Gasteiger partial charge in [-0.1, -0.05) is 11.3 Å². The number of nitrogens with one attached hydrogen (secondary N) is 2. The van der Waals surface area contributed by atoms with Crippen molar-refractivity contribution in [1.29, 1.82) is 0 Å². The smallest absolute Gasteiger partial charge is 0.321 e. The van der Waals surface area contributed by atoms with E-state index in [1.807, 2.05) is 0 Å². The number of amides is 3. The van der Waals surface area contributed by atoms with Gasteiger partial charge in [-0.25, -0.2) is 4.79 Å². The Morgan fingerprint density at radius 2 is 1.55 bits per heavy atom. The van der Waals surface area contributed by atoms with Gasteiger partial charge in [-0.15, -0.1) is 10.2 Å². The normalized spacial score (nSPS) is 15.6. The first kappa shape index (κ1) is 22.5. The lowest BCUT2D eigenvalue weighted by atomic mass is 9.99. The highest BCUT2D eigenvalue weighted by Gasteiger charge is 2.28. The molecule has 1 fully saturated rings. The number of rotatable bonds is 6. The first-order valence-corrected chi connectivity index (χ1v) is 11.4. The fourth-order valence-corrected chi connectivity index (χ4v) is 4.45. The molecule has 1 aromatic heterocycles. The molecule has 0 bridgehead atoms. The Hall–Kier alpha value is -3.66. The largest absolute Gasteiger partial charge is 0.497 e. The summed E-state index contributed by atoms with van der Waals surface area (Å²) in [4.78, 5) is 27.1. The first-order valence-electron chi connectivity index (χ1n) is 10.5. The summed E-state index contributed by atoms with van der Waals surface area (Å²) in [6.07, 6.45) is 1.74. The molecule has 1 aliphatic rings. The summed E-state index contributed by atoms with van der Waals surface area (Å²) >= 11 is 1.27. The summed E-state index contributed by atoms with van der Waals surface area (Å²) < 4.78 is 10.3. The third-order valence-electron chi connectivity index (χ3n) is 5.38. The van der Waals surface area contributed by atoms with Crippen LogP contribution in [-0.2, 0) is 0 Å². The Morgan fingerprint density at radius 3 is 2.15 bits per heavy atom. The molecule has 0 aliphatic carbocycles. The maximum absolute atomic E-state index is 12.7. The zero-order valence-electron chi connectivity index (χ0n) is 18.4. The van der Waals surface area contributed by atoms with Gasteiger partial charge in [0.25, 0.3) is 5.91 Å². The number of nitrogens with zero attached hydrogens (tertiary/aromatic N) is 3. The molecule has 1 atom stereocenters. The molecule has 1 aliphatic heterocycles. The summed E-state index contributed by atoms with van der Waals surface area (Å²) in [5.74, 6) is 1.17. The molecule has 0 spiro atoms. The van der Waals surface area contributed by atoms with Gasteiger partial charge in [0.1, 0.15) is 16.5 Å². The topological polar surface area (TPSA) is 106 Å². The van der Waals surface area contributed by atoms with Crippen molar-refractivity contribution < 1.29 is 19.1 Å². The van der Waals surface area contributed by atoms with Crippen molar-refractivity contribution in [3.63, 3.8) is 0 Å². The second kappa shape index (κ2) is 10.3. The van der Waals surface area contributed by atoms with Crippen molar-refractivity contribution in [3.05, 3.63) is 58.5 Å². The van der Waals surface area contributed by atoms with E-state index >= 15 is 0 Å². The lowest BCUT2D eigenvalue weighted by molar-refractivity contribution is 0.102. The molecule has 3 aromatic rings. The second-order valence-corrected chi connectivity index (χ2v) is 8.58. The number of likely N-dealkylation sites (tertiary alicyclic amines) is 1. The zero-order valence-corrected chi connectivity index (χ0v) is 19.2. The maximum Gasteiger partial charge on any atom is 0.321 e. The van der Waals surface area contributed by atoms with E-state index in [2.05, 4.69) is 20.8 Å². The van der Waals surface area contributed by atoms with Gasteiger partial charge in [-0.2, -0.15) is 0 Å². The summed E-state index contributed by atoms with van der Waals surface area (Å²) in [5.41, 5.74) is 1.35. The second-order valence-electron chi connectivity index (χ2n) is 7.57. The molecule has 0 saturated carbocycles. The van der Waals surface area contributed by atoms with Gasteiger partial charge in [0.2, 0.25) is 5.01 Å². The van der Waals surface area contributed by atoms with Crippen molar-refractivity contribution in [1.82, 2.24) is 15.1 Å². The summed E-state index contributed by atoms with van der Waals surface area (Å²) in [6, 6.07) is 14.1. The van der Waals surface area contributed by atoms with Crippen LogP contribution < -0.4 is 20.1 Å². The van der Waals surface area contributed by atoms with Gasteiger partial charge in [-0.3, -0.25) is 4.79 Å². The number of benzene rings is 2. The Morgan fingerprint density at radius 1 is 0.939 bits per heavy atom. The average Bonchev–Trinajstić information content (AvgIpc) is 3.36. The number of hydrogen-bond donors (Lipinski definition) is 2. The van der Waals surface area contributed by atoms with Crippen molar-refractivity contribution in [2.75, 3.05) is 37.9 Å². The number of carbonyl (C=O) groups excluding carboxylic acids is 2. The third kappa shape index (κ3) is 5.58. The summed E-state index contributed by atoms with van der Waals surface area (Å²) in [7, 11) is 3.19. The number of aromatic nitrogens is 2. The van der Waals surface area contributed by atoms with Crippen LogP contribution in [0.25, 0.3) is 0 Å². The minimum atomic E-state index is -0.311. The lowest BCUT2D eigenvalue weighted by Crippen LogP contribution is -2.41. The number of methoxy groups -OCH3 is 2. The molecule has 2 aromatic carbocycles. The molecule has 33 heavy (non-hydrogen) atoms. The third-order valence-corrected chi connectivity index (χ3v) is 6.47. The van der Waals surface area contributed by atoms with Gasteiger partial charge < -0.3 is 25.0 Å². The number of carbonyl (C=O) groups is 2. The molecular formula is C23H25N5O4S. The molecule has 1 saturated heterocycles. The minimum Gasteiger partial charge on any atom is -0.497 e. The van der Waals surface area contributed by atoms with Crippen LogP contribution in [0.15, 0.2) is 48.5 Å². The van der Waals surface area contributed by atoms with Crippen molar-refractivity contribution in [2.24, 2.45) is 0 Å². The molecule has 2 N–H and O–H groups in total. The van der Waals surface area contributed by atoms with Crippen LogP contribution in [0.3, 0.4) is 0 Å². The van der Waals surface area contributed by atoms with E-state index < -0.39 is 0 Å². The van der Waals surface area contributed by atoms with Crippen molar-refractivity contribution in [3.8, 4) is 11.5 Å². The van der Waals surface area contributed by atoms with Gasteiger partial charge >= 0.3 is 6.03 Å². The van der Waals surface area contributed by atoms with Crippen LogP contribution >= 0.6 is 11.3 Å². The zero-order chi connectivity index (χ0) is 23.2. The Labute approximate surface area is 195 Å². The molecule has 10 heteroatoms. The van der Waals surface area contributed by atoms with Crippen LogP contribution in [0.5, 0.6) is 11.5 Å². The predicted octanol–water partition coefficient (Wildman–Crippen LogP) is 4.22. The van der Waals surface area contributed by atoms with Crippen LogP contribution in [0, 0.1) is 0 Å². The monoisotopic (exact) mass is 467 g/mol. The molecule has 0 unspecified atom stereocenters. The van der Waals surface area contributed by atoms with Crippen LogP contribution in [-0.4, -0.2) is 54.3 Å². The molecular weight excluding hydrogens is 442 g/mol. The summed E-state index contributed by atoms with van der Waals surface area (Å²) in [5, 5.41) is 15.1. The standard InChI is InChI=1S/C23H25N5O4S/c1-31-18-9-5-16(6-10-18)24-20(29)22-27-26-21(33-22)15-4-3-13-28(14-15)23(30)25-17-7-11-19(32-2)12-8-17/h5-12,15H,3-4,13-14H2,1-2H3,(H,24,29)(H,25,30)/t15-/m0/s1. The van der Waals surface area contributed by atoms with E-state index in [1.165, 1.54) is 11.3 Å². The van der Waals surface area contributed by atoms with E-state index in [-0.39, 0.29) is 17.9 Å². The Bertz CT molecular complexity index is 1100. The van der Waals surface area contributed by atoms with E-state index in [9.17, 15) is 9.59 Å². The van der Waals surface area contributed by atoms with Gasteiger partial charge in [0.05, 0.1) is 14.2 Å². The van der Waals surface area contributed by atoms with Crippen LogP contribution in [0.2, 0.25) is 0 Å². The number of hydrogen-bond acceptors (Lipinski definition) is 7. The fourth-order valence-electron chi connectivity index (χ4n) is 3.59. The molecule has 9 nitrogen and oxygen atoms in total. The number of anilines is 2. The maximum atomic E-state index is 12.7. The highest BCUT2D eigenvalue weighted by molar-refractivity contribution is 7.13. The minimum absolute atomic E-state index is 0.0420. The van der Waals surface area contributed by atoms with E-state index in [0.29, 0.717) is 35.2 Å². The molecule has 4 rings (SSSR count). The number of ether oxygens (including phenoxy) is 2. The van der Waals surface area contributed by atoms with E-state index in [4.69, 9.17) is 9.47 Å². The quantitative estimate of drug-likeness (QED) is 0.562. The Kier molecular flexibility index (Phi) is 7.04. The summed E-state index contributed by atoms with van der Waals surface area (Å²) in [6.45, 7) is 1.19. The molecule has 172 valence electrons. The molecule has 2 heterocycles. The van der Waals surface area contributed by atoms with Crippen LogP contribution in [0.1, 0.15) is 33.6 Å². The Balaban J connectivity index is 1.35. The predicted molar refractivity (Wildman–Crippen MR) is 126 cm³/mol. The molecule has 0 radical (unpaired) electrons. The van der Waals surface area contributed by atoms with Crippen LogP contribution in [0.4, 0.5) is 16.2 Å². The first-order chi connectivity index (χ1) is 16.1. The van der Waals surface area contributed by atoms with E-state index in [1.54, 1.807) is 67.7 Å². The SMILES string of the molecule is COc1ccc(NC(=O)c2nnc([C@H]3CCCN(C(=O)Nc4ccc(OC)cc4)C3)s2)cc1. The van der Waals surface area contributed by atoms with Crippen molar-refractivity contribution >= 4 is 34.6 Å². The number of piperidine rings is 1. The highest BCUT2D eigenvalue weighted by Crippen LogP contribution is 2.30. The molecule has 3 amide bonds. The van der Waals surface area contributed by atoms with E-state index in [0.717, 1.165) is 23.6 Å². The van der Waals surface area contributed by atoms with Crippen molar-refractivity contribution in [2.45, 2.75) is 18.8 Å². The number of urea groups is 1. The highest BCUT2D eigenvalue weighted by atomic mass is 32.1. The van der Waals surface area contributed by atoms with Gasteiger partial charge in [0.15, 0.2) is 0 Å². The average molecular weight is 468 g/mol. The van der Waals surface area contributed by atoms with Gasteiger partial charge in [-0.05, 0) is 61.4 Å². The fraction of sp³-hybridized carbons (Fsp3) is 0.304.